The quantitative estimate of drug-likeness (QED) is 0.374. The molecule has 4 rings (SSSR count). The maximum absolute atomic E-state index is 6.05. The average molecular weight is 370 g/mol. The van der Waals surface area contributed by atoms with Crippen molar-refractivity contribution >= 4 is 10.8 Å². The zero-order valence-corrected chi connectivity index (χ0v) is 16.0. The SMILES string of the molecule is Cc1ccc(OC(Oc2ccc(C)cc2)Oc2ccc3ccccc3c2)cc1. The van der Waals surface area contributed by atoms with E-state index in [9.17, 15) is 0 Å². The van der Waals surface area contributed by atoms with Gasteiger partial charge in [0.05, 0.1) is 0 Å². The largest absolute Gasteiger partial charge is 0.423 e. The van der Waals surface area contributed by atoms with Crippen LogP contribution in [0.25, 0.3) is 10.8 Å². The monoisotopic (exact) mass is 370 g/mol. The van der Waals surface area contributed by atoms with Crippen LogP contribution in [-0.4, -0.2) is 6.48 Å². The number of fused-ring (bicyclic) bond motifs is 1. The van der Waals surface area contributed by atoms with Gasteiger partial charge in [-0.3, -0.25) is 0 Å². The second kappa shape index (κ2) is 8.05. The molecule has 0 aromatic heterocycles. The van der Waals surface area contributed by atoms with E-state index in [2.05, 4.69) is 12.1 Å². The minimum atomic E-state index is -0.911. The molecule has 0 unspecified atom stereocenters. The zero-order chi connectivity index (χ0) is 19.3. The zero-order valence-electron chi connectivity index (χ0n) is 16.0. The smallest absolute Gasteiger partial charge is 0.406 e. The Morgan fingerprint density at radius 3 is 1.54 bits per heavy atom. The molecule has 0 radical (unpaired) electrons. The first-order chi connectivity index (χ1) is 13.7. The van der Waals surface area contributed by atoms with Crippen LogP contribution in [0.1, 0.15) is 11.1 Å². The molecule has 0 N–H and O–H groups in total. The van der Waals surface area contributed by atoms with Crippen LogP contribution in [0, 0.1) is 13.8 Å². The van der Waals surface area contributed by atoms with E-state index in [1.165, 1.54) is 11.1 Å². The van der Waals surface area contributed by atoms with E-state index in [0.29, 0.717) is 17.2 Å². The molecule has 28 heavy (non-hydrogen) atoms. The number of benzene rings is 4. The number of rotatable bonds is 6. The topological polar surface area (TPSA) is 27.7 Å². The molecule has 0 saturated carbocycles. The summed E-state index contributed by atoms with van der Waals surface area (Å²) in [6, 6.07) is 29.7. The molecule has 140 valence electrons. The van der Waals surface area contributed by atoms with E-state index in [-0.39, 0.29) is 0 Å². The van der Waals surface area contributed by atoms with Gasteiger partial charge in [-0.2, -0.15) is 0 Å². The van der Waals surface area contributed by atoms with Crippen molar-refractivity contribution in [2.45, 2.75) is 20.3 Å². The Morgan fingerprint density at radius 1 is 0.500 bits per heavy atom. The Labute approximate surface area is 165 Å². The molecule has 3 nitrogen and oxygen atoms in total. The van der Waals surface area contributed by atoms with Gasteiger partial charge >= 0.3 is 6.48 Å². The first-order valence-electron chi connectivity index (χ1n) is 9.28. The lowest BCUT2D eigenvalue weighted by atomic mass is 10.1. The Morgan fingerprint density at radius 2 is 0.964 bits per heavy atom. The highest BCUT2D eigenvalue weighted by atomic mass is 16.8. The molecule has 0 fully saturated rings. The summed E-state index contributed by atoms with van der Waals surface area (Å²) in [7, 11) is 0. The number of hydrogen-bond acceptors (Lipinski definition) is 3. The molecule has 0 amide bonds. The Bertz CT molecular complexity index is 1010. The molecule has 0 aliphatic carbocycles. The third-order valence-corrected chi connectivity index (χ3v) is 4.46. The summed E-state index contributed by atoms with van der Waals surface area (Å²) in [6.07, 6.45) is 0. The second-order valence-corrected chi connectivity index (χ2v) is 6.78. The van der Waals surface area contributed by atoms with Crippen molar-refractivity contribution in [1.82, 2.24) is 0 Å². The third-order valence-electron chi connectivity index (χ3n) is 4.46. The van der Waals surface area contributed by atoms with E-state index in [4.69, 9.17) is 14.2 Å². The van der Waals surface area contributed by atoms with E-state index in [1.54, 1.807) is 0 Å². The molecule has 0 atom stereocenters. The molecule has 0 aliphatic heterocycles. The van der Waals surface area contributed by atoms with Crippen LogP contribution in [0.3, 0.4) is 0 Å². The van der Waals surface area contributed by atoms with Crippen LogP contribution >= 0.6 is 0 Å². The summed E-state index contributed by atoms with van der Waals surface area (Å²) in [6.45, 7) is 3.16. The van der Waals surface area contributed by atoms with Crippen LogP contribution < -0.4 is 14.2 Å². The summed E-state index contributed by atoms with van der Waals surface area (Å²) >= 11 is 0. The molecule has 4 aromatic rings. The number of aryl methyl sites for hydroxylation is 2. The summed E-state index contributed by atoms with van der Waals surface area (Å²) in [5, 5.41) is 2.26. The van der Waals surface area contributed by atoms with Gasteiger partial charge in [0.2, 0.25) is 0 Å². The molecule has 3 heteroatoms. The van der Waals surface area contributed by atoms with Crippen molar-refractivity contribution in [3.63, 3.8) is 0 Å². The predicted molar refractivity (Wildman–Crippen MR) is 112 cm³/mol. The van der Waals surface area contributed by atoms with E-state index in [1.807, 2.05) is 92.7 Å². The molecular formula is C25H22O3. The second-order valence-electron chi connectivity index (χ2n) is 6.78. The fourth-order valence-corrected chi connectivity index (χ4v) is 2.88. The third kappa shape index (κ3) is 4.44. The minimum absolute atomic E-state index is 0.683. The highest BCUT2D eigenvalue weighted by Gasteiger charge is 2.15. The van der Waals surface area contributed by atoms with Crippen LogP contribution in [0.2, 0.25) is 0 Å². The Balaban J connectivity index is 1.58. The van der Waals surface area contributed by atoms with Gasteiger partial charge in [-0.1, -0.05) is 65.7 Å². The molecule has 0 bridgehead atoms. The lowest BCUT2D eigenvalue weighted by molar-refractivity contribution is -0.140. The van der Waals surface area contributed by atoms with E-state index >= 15 is 0 Å². The maximum atomic E-state index is 6.05. The highest BCUT2D eigenvalue weighted by molar-refractivity contribution is 5.83. The number of ether oxygens (including phenoxy) is 3. The van der Waals surface area contributed by atoms with Crippen molar-refractivity contribution in [3.05, 3.63) is 102 Å². The van der Waals surface area contributed by atoms with E-state index in [0.717, 1.165) is 10.8 Å². The van der Waals surface area contributed by atoms with Crippen molar-refractivity contribution < 1.29 is 14.2 Å². The molecule has 0 spiro atoms. The van der Waals surface area contributed by atoms with Gasteiger partial charge in [0.25, 0.3) is 0 Å². The van der Waals surface area contributed by atoms with Gasteiger partial charge in [0.15, 0.2) is 0 Å². The normalized spacial score (nSPS) is 10.8. The van der Waals surface area contributed by atoms with Crippen LogP contribution in [0.5, 0.6) is 17.2 Å². The van der Waals surface area contributed by atoms with E-state index < -0.39 is 6.48 Å². The van der Waals surface area contributed by atoms with Crippen LogP contribution in [0.15, 0.2) is 91.0 Å². The van der Waals surface area contributed by atoms with Gasteiger partial charge in [-0.15, -0.1) is 0 Å². The van der Waals surface area contributed by atoms with Crippen molar-refractivity contribution in [2.24, 2.45) is 0 Å². The fourth-order valence-electron chi connectivity index (χ4n) is 2.88. The lowest BCUT2D eigenvalue weighted by Gasteiger charge is -2.21. The summed E-state index contributed by atoms with van der Waals surface area (Å²) in [5.74, 6) is 2.05. The molecule has 4 aromatic carbocycles. The van der Waals surface area contributed by atoms with Gasteiger partial charge in [0, 0.05) is 0 Å². The van der Waals surface area contributed by atoms with Gasteiger partial charge in [-0.05, 0) is 61.0 Å². The van der Waals surface area contributed by atoms with Gasteiger partial charge in [-0.25, -0.2) is 0 Å². The molecule has 0 saturated heterocycles. The van der Waals surface area contributed by atoms with Crippen LogP contribution in [0.4, 0.5) is 0 Å². The average Bonchev–Trinajstić information content (AvgIpc) is 2.71. The molecular weight excluding hydrogens is 348 g/mol. The lowest BCUT2D eigenvalue weighted by Crippen LogP contribution is -2.30. The first kappa shape index (κ1) is 17.9. The first-order valence-corrected chi connectivity index (χ1v) is 9.28. The predicted octanol–water partition coefficient (Wildman–Crippen LogP) is 6.28. The minimum Gasteiger partial charge on any atom is -0.423 e. The van der Waals surface area contributed by atoms with Crippen molar-refractivity contribution in [1.29, 1.82) is 0 Å². The molecule has 0 aliphatic rings. The Hall–Kier alpha value is -3.46. The fraction of sp³-hybridized carbons (Fsp3) is 0.120. The standard InChI is InChI=1S/C25H22O3/c1-18-7-12-22(13-8-18)26-25(27-23-14-9-19(2)10-15-23)28-24-16-11-20-5-3-4-6-21(20)17-24/h3-17,25H,1-2H3. The molecule has 0 heterocycles. The summed E-state index contributed by atoms with van der Waals surface area (Å²) < 4.78 is 18.0. The number of hydrogen-bond donors (Lipinski definition) is 0. The Kier molecular flexibility index (Phi) is 5.16. The highest BCUT2D eigenvalue weighted by Crippen LogP contribution is 2.24. The van der Waals surface area contributed by atoms with Gasteiger partial charge in [0.1, 0.15) is 17.2 Å². The van der Waals surface area contributed by atoms with Crippen LogP contribution in [-0.2, 0) is 0 Å². The summed E-state index contributed by atoms with van der Waals surface area (Å²) in [5.41, 5.74) is 2.33. The summed E-state index contributed by atoms with van der Waals surface area (Å²) in [4.78, 5) is 0. The van der Waals surface area contributed by atoms with Crippen molar-refractivity contribution in [3.8, 4) is 17.2 Å². The van der Waals surface area contributed by atoms with Crippen molar-refractivity contribution in [2.75, 3.05) is 0 Å². The van der Waals surface area contributed by atoms with Gasteiger partial charge < -0.3 is 14.2 Å². The maximum Gasteiger partial charge on any atom is 0.406 e.